The van der Waals surface area contributed by atoms with Crippen molar-refractivity contribution in [2.45, 2.75) is 26.3 Å². The van der Waals surface area contributed by atoms with Gasteiger partial charge in [0.2, 0.25) is 5.91 Å². The van der Waals surface area contributed by atoms with Gasteiger partial charge < -0.3 is 11.1 Å². The minimum atomic E-state index is -0.247. The first-order chi connectivity index (χ1) is 7.91. The quantitative estimate of drug-likeness (QED) is 0.826. The Kier molecular flexibility index (Phi) is 5.11. The van der Waals surface area contributed by atoms with E-state index in [1.165, 1.54) is 6.33 Å². The molecular formula is C10H14Cl2N4O. The maximum Gasteiger partial charge on any atom is 0.227 e. The van der Waals surface area contributed by atoms with E-state index in [4.69, 9.17) is 28.9 Å². The molecule has 0 aromatic carbocycles. The van der Waals surface area contributed by atoms with Crippen molar-refractivity contribution in [2.75, 3.05) is 5.32 Å². The number of nitrogens with one attached hydrogen (secondary N) is 1. The summed E-state index contributed by atoms with van der Waals surface area (Å²) in [6.07, 6.45) is 1.43. The molecule has 0 aliphatic heterocycles. The topological polar surface area (TPSA) is 80.9 Å². The summed E-state index contributed by atoms with van der Waals surface area (Å²) in [7, 11) is 0. The molecule has 1 unspecified atom stereocenters. The van der Waals surface area contributed by atoms with Crippen LogP contribution < -0.4 is 11.1 Å². The lowest BCUT2D eigenvalue weighted by atomic mass is 10.0. The van der Waals surface area contributed by atoms with Gasteiger partial charge in [-0.2, -0.15) is 0 Å². The lowest BCUT2D eigenvalue weighted by molar-refractivity contribution is -0.116. The highest BCUT2D eigenvalue weighted by atomic mass is 35.5. The zero-order valence-electron chi connectivity index (χ0n) is 9.58. The van der Waals surface area contributed by atoms with Gasteiger partial charge in [0.1, 0.15) is 11.3 Å². The van der Waals surface area contributed by atoms with Gasteiger partial charge in [0.05, 0.1) is 0 Å². The molecule has 0 spiro atoms. The second kappa shape index (κ2) is 6.14. The maximum atomic E-state index is 11.6. The van der Waals surface area contributed by atoms with Crippen LogP contribution in [0, 0.1) is 5.92 Å². The fourth-order valence-corrected chi connectivity index (χ4v) is 1.35. The number of hydrogen-bond donors (Lipinski definition) is 2. The molecule has 1 amide bonds. The fraction of sp³-hybridized carbons (Fsp3) is 0.500. The molecule has 94 valence electrons. The van der Waals surface area contributed by atoms with Crippen molar-refractivity contribution in [3.05, 3.63) is 16.5 Å². The van der Waals surface area contributed by atoms with Gasteiger partial charge in [-0.15, -0.1) is 0 Å². The number of nitrogens with zero attached hydrogens (tertiary/aromatic N) is 2. The molecule has 0 aliphatic carbocycles. The summed E-state index contributed by atoms with van der Waals surface area (Å²) >= 11 is 11.5. The van der Waals surface area contributed by atoms with Gasteiger partial charge in [-0.1, -0.05) is 37.0 Å². The minimum absolute atomic E-state index is 0.102. The fourth-order valence-electron chi connectivity index (χ4n) is 1.07. The summed E-state index contributed by atoms with van der Waals surface area (Å²) in [6, 6.07) is -0.203. The van der Waals surface area contributed by atoms with E-state index in [1.54, 1.807) is 0 Å². The maximum absolute atomic E-state index is 11.6. The molecule has 0 radical (unpaired) electrons. The van der Waals surface area contributed by atoms with E-state index in [1.807, 2.05) is 13.8 Å². The van der Waals surface area contributed by atoms with E-state index < -0.39 is 0 Å². The Morgan fingerprint density at radius 2 is 2.12 bits per heavy atom. The zero-order valence-corrected chi connectivity index (χ0v) is 11.1. The van der Waals surface area contributed by atoms with E-state index >= 15 is 0 Å². The molecule has 17 heavy (non-hydrogen) atoms. The number of hydrogen-bond acceptors (Lipinski definition) is 4. The van der Waals surface area contributed by atoms with E-state index in [0.29, 0.717) is 0 Å². The van der Waals surface area contributed by atoms with Crippen molar-refractivity contribution in [3.8, 4) is 0 Å². The van der Waals surface area contributed by atoms with Crippen molar-refractivity contribution in [1.82, 2.24) is 9.97 Å². The lowest BCUT2D eigenvalue weighted by Gasteiger charge is -2.15. The highest BCUT2D eigenvalue weighted by Gasteiger charge is 2.15. The number of aromatic nitrogens is 2. The van der Waals surface area contributed by atoms with E-state index in [2.05, 4.69) is 15.3 Å². The smallest absolute Gasteiger partial charge is 0.227 e. The third-order valence-corrected chi connectivity index (χ3v) is 3.02. The summed E-state index contributed by atoms with van der Waals surface area (Å²) in [5.41, 5.74) is 5.79. The molecule has 1 aromatic heterocycles. The Morgan fingerprint density at radius 1 is 1.47 bits per heavy atom. The summed E-state index contributed by atoms with van der Waals surface area (Å²) in [5, 5.41) is 2.78. The lowest BCUT2D eigenvalue weighted by Crippen LogP contribution is -2.31. The predicted molar refractivity (Wildman–Crippen MR) is 68.1 cm³/mol. The molecule has 1 rings (SSSR count). The number of rotatable bonds is 4. The molecule has 1 atom stereocenters. The van der Waals surface area contributed by atoms with Gasteiger partial charge in [0.15, 0.2) is 11.0 Å². The average Bonchev–Trinajstić information content (AvgIpc) is 2.24. The van der Waals surface area contributed by atoms with Gasteiger partial charge in [-0.3, -0.25) is 4.79 Å². The standard InChI is InChI=1S/C10H14Cl2N4O/c1-5(2)6(13)3-7(17)16-10-8(11)9(12)14-4-15-10/h4-6H,3,13H2,1-2H3,(H,14,15,16,17). The first-order valence-corrected chi connectivity index (χ1v) is 5.88. The number of nitrogens with two attached hydrogens (primary N) is 1. The zero-order chi connectivity index (χ0) is 13.0. The van der Waals surface area contributed by atoms with Gasteiger partial charge in [0, 0.05) is 12.5 Å². The van der Waals surface area contributed by atoms with Gasteiger partial charge in [-0.25, -0.2) is 9.97 Å². The van der Waals surface area contributed by atoms with Crippen LogP contribution in [-0.2, 0) is 4.79 Å². The third-order valence-electron chi connectivity index (χ3n) is 2.28. The van der Waals surface area contributed by atoms with Crippen molar-refractivity contribution < 1.29 is 4.79 Å². The molecule has 0 saturated heterocycles. The van der Waals surface area contributed by atoms with Crippen molar-refractivity contribution in [1.29, 1.82) is 0 Å². The number of amides is 1. The van der Waals surface area contributed by atoms with Crippen LogP contribution in [0.2, 0.25) is 10.2 Å². The normalized spacial score (nSPS) is 12.6. The Bertz CT molecular complexity index is 411. The molecule has 7 heteroatoms. The van der Waals surface area contributed by atoms with Crippen LogP contribution in [0.1, 0.15) is 20.3 Å². The third kappa shape index (κ3) is 4.11. The molecule has 0 fully saturated rings. The summed E-state index contributed by atoms with van der Waals surface area (Å²) in [4.78, 5) is 19.2. The van der Waals surface area contributed by atoms with Crippen LogP contribution in [0.25, 0.3) is 0 Å². The molecule has 1 heterocycles. The number of anilines is 1. The van der Waals surface area contributed by atoms with E-state index in [-0.39, 0.29) is 40.3 Å². The largest absolute Gasteiger partial charge is 0.327 e. The predicted octanol–water partition coefficient (Wildman–Crippen LogP) is 2.10. The van der Waals surface area contributed by atoms with Gasteiger partial charge in [-0.05, 0) is 5.92 Å². The van der Waals surface area contributed by atoms with Crippen LogP contribution in [-0.4, -0.2) is 21.9 Å². The Morgan fingerprint density at radius 3 is 2.71 bits per heavy atom. The molecule has 5 nitrogen and oxygen atoms in total. The average molecular weight is 277 g/mol. The SMILES string of the molecule is CC(C)C(N)CC(=O)Nc1ncnc(Cl)c1Cl. The molecule has 0 bridgehead atoms. The van der Waals surface area contributed by atoms with Crippen LogP contribution in [0.4, 0.5) is 5.82 Å². The van der Waals surface area contributed by atoms with Crippen molar-refractivity contribution >= 4 is 34.9 Å². The van der Waals surface area contributed by atoms with Crippen LogP contribution in [0.5, 0.6) is 0 Å². The van der Waals surface area contributed by atoms with Crippen LogP contribution in [0.3, 0.4) is 0 Å². The number of halogens is 2. The van der Waals surface area contributed by atoms with Crippen molar-refractivity contribution in [2.24, 2.45) is 11.7 Å². The number of carbonyl (C=O) groups is 1. The Hall–Kier alpha value is -0.910. The first kappa shape index (κ1) is 14.2. The second-order valence-corrected chi connectivity index (χ2v) is 4.72. The summed E-state index contributed by atoms with van der Waals surface area (Å²) in [6.45, 7) is 3.90. The Balaban J connectivity index is 2.66. The second-order valence-electron chi connectivity index (χ2n) is 3.99. The molecule has 0 saturated carbocycles. The first-order valence-electron chi connectivity index (χ1n) is 5.13. The minimum Gasteiger partial charge on any atom is -0.327 e. The summed E-state index contributed by atoms with van der Waals surface area (Å²) < 4.78 is 0. The van der Waals surface area contributed by atoms with Gasteiger partial charge in [0.25, 0.3) is 0 Å². The van der Waals surface area contributed by atoms with E-state index in [0.717, 1.165) is 0 Å². The van der Waals surface area contributed by atoms with Crippen molar-refractivity contribution in [3.63, 3.8) is 0 Å². The molecule has 0 aliphatic rings. The highest BCUT2D eigenvalue weighted by molar-refractivity contribution is 6.42. The summed E-state index contributed by atoms with van der Waals surface area (Å²) in [5.74, 6) is 0.181. The number of carbonyl (C=O) groups excluding carboxylic acids is 1. The molecular weight excluding hydrogens is 263 g/mol. The van der Waals surface area contributed by atoms with Crippen LogP contribution >= 0.6 is 23.2 Å². The molecule has 1 aromatic rings. The monoisotopic (exact) mass is 276 g/mol. The Labute approximate surface area is 110 Å². The highest BCUT2D eigenvalue weighted by Crippen LogP contribution is 2.25. The van der Waals surface area contributed by atoms with Crippen LogP contribution in [0.15, 0.2) is 6.33 Å². The van der Waals surface area contributed by atoms with E-state index in [9.17, 15) is 4.79 Å². The van der Waals surface area contributed by atoms with Gasteiger partial charge >= 0.3 is 0 Å². The molecule has 3 N–H and O–H groups in total.